The van der Waals surface area contributed by atoms with Crippen LogP contribution in [0.5, 0.6) is 0 Å². The van der Waals surface area contributed by atoms with E-state index in [2.05, 4.69) is 18.7 Å². The fraction of sp³-hybridized carbons (Fsp3) is 0.400. The zero-order valence-corrected chi connectivity index (χ0v) is 10.6. The van der Waals surface area contributed by atoms with Crippen LogP contribution in [0.25, 0.3) is 0 Å². The van der Waals surface area contributed by atoms with Crippen molar-refractivity contribution in [3.63, 3.8) is 0 Å². The molecule has 3 heteroatoms. The summed E-state index contributed by atoms with van der Waals surface area (Å²) in [6.07, 6.45) is 0.788. The Morgan fingerprint density at radius 1 is 1.39 bits per heavy atom. The Morgan fingerprint density at radius 2 is 2.06 bits per heavy atom. The summed E-state index contributed by atoms with van der Waals surface area (Å²) in [5.74, 6) is -0.321. The van der Waals surface area contributed by atoms with Gasteiger partial charge in [0.25, 0.3) is 0 Å². The molecule has 18 heavy (non-hydrogen) atoms. The van der Waals surface area contributed by atoms with Gasteiger partial charge in [0.05, 0.1) is 19.8 Å². The van der Waals surface area contributed by atoms with Crippen LogP contribution in [-0.4, -0.2) is 25.8 Å². The van der Waals surface area contributed by atoms with Gasteiger partial charge in [0.2, 0.25) is 0 Å². The SMILES string of the molecule is C=C(C)C(=O)OCCC1(c2ccccc2)COC1. The lowest BCUT2D eigenvalue weighted by Crippen LogP contribution is -2.47. The molecule has 96 valence electrons. The summed E-state index contributed by atoms with van der Waals surface area (Å²) in [5, 5.41) is 0. The zero-order chi connectivity index (χ0) is 13.0. The van der Waals surface area contributed by atoms with Gasteiger partial charge >= 0.3 is 5.97 Å². The van der Waals surface area contributed by atoms with Crippen LogP contribution in [0.3, 0.4) is 0 Å². The van der Waals surface area contributed by atoms with Crippen molar-refractivity contribution in [1.29, 1.82) is 0 Å². The maximum Gasteiger partial charge on any atom is 0.333 e. The van der Waals surface area contributed by atoms with E-state index in [0.717, 1.165) is 6.42 Å². The third-order valence-corrected chi connectivity index (χ3v) is 3.31. The van der Waals surface area contributed by atoms with Crippen molar-refractivity contribution >= 4 is 5.97 Å². The highest BCUT2D eigenvalue weighted by molar-refractivity contribution is 5.86. The van der Waals surface area contributed by atoms with Crippen molar-refractivity contribution in [3.05, 3.63) is 48.0 Å². The number of carbonyl (C=O) groups excluding carboxylic acids is 1. The molecule has 0 unspecified atom stereocenters. The number of esters is 1. The number of carbonyl (C=O) groups is 1. The fourth-order valence-electron chi connectivity index (χ4n) is 2.06. The van der Waals surface area contributed by atoms with Gasteiger partial charge in [-0.2, -0.15) is 0 Å². The van der Waals surface area contributed by atoms with Gasteiger partial charge in [-0.15, -0.1) is 0 Å². The molecule has 3 nitrogen and oxygen atoms in total. The average Bonchev–Trinajstić information content (AvgIpc) is 2.33. The molecule has 1 aliphatic rings. The third kappa shape index (κ3) is 2.62. The predicted molar refractivity (Wildman–Crippen MR) is 69.3 cm³/mol. The summed E-state index contributed by atoms with van der Waals surface area (Å²) in [4.78, 5) is 11.3. The van der Waals surface area contributed by atoms with Crippen LogP contribution in [0.1, 0.15) is 18.9 Å². The summed E-state index contributed by atoms with van der Waals surface area (Å²) >= 11 is 0. The smallest absolute Gasteiger partial charge is 0.333 e. The van der Waals surface area contributed by atoms with Crippen LogP contribution >= 0.6 is 0 Å². The minimum Gasteiger partial charge on any atom is -0.462 e. The van der Waals surface area contributed by atoms with E-state index in [1.807, 2.05) is 18.2 Å². The van der Waals surface area contributed by atoms with Gasteiger partial charge in [-0.25, -0.2) is 4.79 Å². The highest BCUT2D eigenvalue weighted by atomic mass is 16.5. The van der Waals surface area contributed by atoms with E-state index in [4.69, 9.17) is 9.47 Å². The second-order valence-electron chi connectivity index (χ2n) is 4.81. The van der Waals surface area contributed by atoms with E-state index in [0.29, 0.717) is 25.4 Å². The molecule has 0 amide bonds. The molecular weight excluding hydrogens is 228 g/mol. The number of rotatable bonds is 5. The topological polar surface area (TPSA) is 35.5 Å². The summed E-state index contributed by atoms with van der Waals surface area (Å²) in [7, 11) is 0. The number of hydrogen-bond acceptors (Lipinski definition) is 3. The molecule has 0 saturated carbocycles. The minimum absolute atomic E-state index is 0.0105. The molecule has 2 rings (SSSR count). The summed E-state index contributed by atoms with van der Waals surface area (Å²) < 4.78 is 10.5. The first-order chi connectivity index (χ1) is 8.64. The van der Waals surface area contributed by atoms with Crippen molar-refractivity contribution in [3.8, 4) is 0 Å². The van der Waals surface area contributed by atoms with Crippen molar-refractivity contribution in [2.24, 2.45) is 0 Å². The molecule has 1 saturated heterocycles. The highest BCUT2D eigenvalue weighted by Crippen LogP contribution is 2.35. The van der Waals surface area contributed by atoms with Crippen LogP contribution in [0, 0.1) is 0 Å². The van der Waals surface area contributed by atoms with Gasteiger partial charge < -0.3 is 9.47 Å². The first kappa shape index (κ1) is 12.8. The van der Waals surface area contributed by atoms with Crippen molar-refractivity contribution in [2.75, 3.05) is 19.8 Å². The van der Waals surface area contributed by atoms with Crippen LogP contribution in [0.2, 0.25) is 0 Å². The van der Waals surface area contributed by atoms with E-state index in [-0.39, 0.29) is 11.4 Å². The van der Waals surface area contributed by atoms with Crippen molar-refractivity contribution in [1.82, 2.24) is 0 Å². The molecule has 0 atom stereocenters. The largest absolute Gasteiger partial charge is 0.462 e. The number of benzene rings is 1. The summed E-state index contributed by atoms with van der Waals surface area (Å²) in [6.45, 7) is 7.02. The van der Waals surface area contributed by atoms with Gasteiger partial charge in [0.1, 0.15) is 0 Å². The molecule has 1 fully saturated rings. The van der Waals surface area contributed by atoms with E-state index >= 15 is 0 Å². The molecular formula is C15H18O3. The molecule has 0 bridgehead atoms. The molecule has 0 N–H and O–H groups in total. The van der Waals surface area contributed by atoms with Gasteiger partial charge in [-0.1, -0.05) is 36.9 Å². The van der Waals surface area contributed by atoms with E-state index in [9.17, 15) is 4.79 Å². The predicted octanol–water partition coefficient (Wildman–Crippen LogP) is 2.46. The van der Waals surface area contributed by atoms with E-state index in [1.54, 1.807) is 6.92 Å². The Morgan fingerprint density at radius 3 is 2.56 bits per heavy atom. The Bertz CT molecular complexity index is 432. The fourth-order valence-corrected chi connectivity index (χ4v) is 2.06. The Hall–Kier alpha value is -1.61. The Kier molecular flexibility index (Phi) is 3.82. The maximum absolute atomic E-state index is 11.3. The average molecular weight is 246 g/mol. The lowest BCUT2D eigenvalue weighted by Gasteiger charge is -2.42. The number of ether oxygens (including phenoxy) is 2. The van der Waals surface area contributed by atoms with Gasteiger partial charge in [0.15, 0.2) is 0 Å². The normalized spacial score (nSPS) is 16.7. The molecule has 0 spiro atoms. The quantitative estimate of drug-likeness (QED) is 0.591. The molecule has 1 aromatic rings. The second-order valence-corrected chi connectivity index (χ2v) is 4.81. The third-order valence-electron chi connectivity index (χ3n) is 3.31. The highest BCUT2D eigenvalue weighted by Gasteiger charge is 2.40. The zero-order valence-electron chi connectivity index (χ0n) is 10.6. The standard InChI is InChI=1S/C15H18O3/c1-12(2)14(16)18-9-8-15(10-17-11-15)13-6-4-3-5-7-13/h3-7H,1,8-11H2,2H3. The summed E-state index contributed by atoms with van der Waals surface area (Å²) in [6, 6.07) is 10.2. The Balaban J connectivity index is 1.94. The molecule has 1 heterocycles. The van der Waals surface area contributed by atoms with Crippen LogP contribution in [-0.2, 0) is 19.7 Å². The van der Waals surface area contributed by atoms with Crippen LogP contribution in [0.4, 0.5) is 0 Å². The van der Waals surface area contributed by atoms with E-state index in [1.165, 1.54) is 5.56 Å². The van der Waals surface area contributed by atoms with Gasteiger partial charge in [-0.3, -0.25) is 0 Å². The molecule has 0 radical (unpaired) electrons. The molecule has 1 aliphatic heterocycles. The van der Waals surface area contributed by atoms with Crippen LogP contribution < -0.4 is 0 Å². The number of hydrogen-bond donors (Lipinski definition) is 0. The Labute approximate surface area is 107 Å². The second kappa shape index (κ2) is 5.36. The van der Waals surface area contributed by atoms with E-state index < -0.39 is 0 Å². The van der Waals surface area contributed by atoms with Gasteiger partial charge in [-0.05, 0) is 18.9 Å². The molecule has 0 aromatic heterocycles. The monoisotopic (exact) mass is 246 g/mol. The maximum atomic E-state index is 11.3. The molecule has 1 aromatic carbocycles. The first-order valence-electron chi connectivity index (χ1n) is 6.10. The van der Waals surface area contributed by atoms with Crippen LogP contribution in [0.15, 0.2) is 42.5 Å². The van der Waals surface area contributed by atoms with Crippen molar-refractivity contribution in [2.45, 2.75) is 18.8 Å². The first-order valence-corrected chi connectivity index (χ1v) is 6.10. The lowest BCUT2D eigenvalue weighted by atomic mass is 9.76. The summed E-state index contributed by atoms with van der Waals surface area (Å²) in [5.41, 5.74) is 1.70. The van der Waals surface area contributed by atoms with Crippen molar-refractivity contribution < 1.29 is 14.3 Å². The molecule has 0 aliphatic carbocycles. The minimum atomic E-state index is -0.321. The lowest BCUT2D eigenvalue weighted by molar-refractivity contribution is -0.141. The van der Waals surface area contributed by atoms with Gasteiger partial charge in [0, 0.05) is 11.0 Å².